The predicted octanol–water partition coefficient (Wildman–Crippen LogP) is 2.39. The van der Waals surface area contributed by atoms with Gasteiger partial charge in [0.2, 0.25) is 5.91 Å². The van der Waals surface area contributed by atoms with Crippen molar-refractivity contribution in [3.63, 3.8) is 0 Å². The Bertz CT molecular complexity index is 791. The summed E-state index contributed by atoms with van der Waals surface area (Å²) in [5.41, 5.74) is 1.28. The molecule has 0 aromatic carbocycles. The molecule has 0 radical (unpaired) electrons. The summed E-state index contributed by atoms with van der Waals surface area (Å²) < 4.78 is 0. The Balaban J connectivity index is 1.41. The molecule has 0 atom stereocenters. The van der Waals surface area contributed by atoms with Crippen LogP contribution < -0.4 is 15.5 Å². The summed E-state index contributed by atoms with van der Waals surface area (Å²) in [6, 6.07) is 0.347. The van der Waals surface area contributed by atoms with Gasteiger partial charge in [-0.25, -0.2) is 9.97 Å². The molecule has 0 spiro atoms. The molecule has 140 valence electrons. The molecular formula is C19H27N5OS. The quantitative estimate of drug-likeness (QED) is 0.865. The van der Waals surface area contributed by atoms with Gasteiger partial charge < -0.3 is 15.5 Å². The molecular weight excluding hydrogens is 346 g/mol. The number of piperidine rings is 2. The van der Waals surface area contributed by atoms with Gasteiger partial charge in [0.25, 0.3) is 0 Å². The molecule has 6 nitrogen and oxygen atoms in total. The SMILES string of the molecule is Cc1sc2ncnc(N3CCC(C(=O)NC4CCNCC4)CC3)c2c1C. The molecule has 2 saturated heterocycles. The number of hydrogen-bond donors (Lipinski definition) is 2. The number of rotatable bonds is 3. The van der Waals surface area contributed by atoms with Crippen LogP contribution in [0, 0.1) is 19.8 Å². The number of anilines is 1. The van der Waals surface area contributed by atoms with E-state index in [0.717, 1.165) is 62.5 Å². The third kappa shape index (κ3) is 3.42. The topological polar surface area (TPSA) is 70.2 Å². The molecule has 2 N–H and O–H groups in total. The average molecular weight is 374 g/mol. The van der Waals surface area contributed by atoms with Crippen molar-refractivity contribution in [2.45, 2.75) is 45.6 Å². The van der Waals surface area contributed by atoms with Crippen LogP contribution >= 0.6 is 11.3 Å². The number of nitrogens with zero attached hydrogens (tertiary/aromatic N) is 3. The van der Waals surface area contributed by atoms with Gasteiger partial charge in [0, 0.05) is 29.9 Å². The molecule has 1 amide bonds. The summed E-state index contributed by atoms with van der Waals surface area (Å²) in [5.74, 6) is 1.41. The number of thiophene rings is 1. The fourth-order valence-corrected chi connectivity index (χ4v) is 5.03. The molecule has 0 aliphatic carbocycles. The van der Waals surface area contributed by atoms with Gasteiger partial charge in [0.05, 0.1) is 5.39 Å². The highest BCUT2D eigenvalue weighted by Crippen LogP contribution is 2.35. The molecule has 4 rings (SSSR count). The van der Waals surface area contributed by atoms with Crippen molar-refractivity contribution in [3.05, 3.63) is 16.8 Å². The maximum atomic E-state index is 12.6. The molecule has 0 bridgehead atoms. The van der Waals surface area contributed by atoms with Gasteiger partial charge in [0.15, 0.2) is 0 Å². The fourth-order valence-electron chi connectivity index (χ4n) is 4.04. The van der Waals surface area contributed by atoms with E-state index in [1.807, 2.05) is 0 Å². The van der Waals surface area contributed by atoms with Gasteiger partial charge in [-0.1, -0.05) is 0 Å². The van der Waals surface area contributed by atoms with Crippen LogP contribution in [-0.2, 0) is 4.79 Å². The monoisotopic (exact) mass is 373 g/mol. The van der Waals surface area contributed by atoms with Crippen molar-refractivity contribution < 1.29 is 4.79 Å². The highest BCUT2D eigenvalue weighted by atomic mass is 32.1. The largest absolute Gasteiger partial charge is 0.356 e. The van der Waals surface area contributed by atoms with Crippen LogP contribution in [0.5, 0.6) is 0 Å². The minimum Gasteiger partial charge on any atom is -0.356 e. The highest BCUT2D eigenvalue weighted by molar-refractivity contribution is 7.18. The van der Waals surface area contributed by atoms with Gasteiger partial charge in [-0.2, -0.15) is 0 Å². The Morgan fingerprint density at radius 3 is 2.65 bits per heavy atom. The Hall–Kier alpha value is -1.73. The number of aryl methyl sites for hydroxylation is 2. The number of amides is 1. The van der Waals surface area contributed by atoms with E-state index in [9.17, 15) is 4.79 Å². The summed E-state index contributed by atoms with van der Waals surface area (Å²) in [4.78, 5) is 26.3. The number of fused-ring (bicyclic) bond motifs is 1. The summed E-state index contributed by atoms with van der Waals surface area (Å²) in [6.45, 7) is 8.07. The van der Waals surface area contributed by atoms with E-state index in [1.54, 1.807) is 17.7 Å². The minimum atomic E-state index is 0.128. The molecule has 0 unspecified atom stereocenters. The van der Waals surface area contributed by atoms with Crippen LogP contribution in [0.15, 0.2) is 6.33 Å². The first-order valence-corrected chi connectivity index (χ1v) is 10.4. The smallest absolute Gasteiger partial charge is 0.223 e. The maximum absolute atomic E-state index is 12.6. The van der Waals surface area contributed by atoms with Crippen LogP contribution in [0.3, 0.4) is 0 Å². The Morgan fingerprint density at radius 2 is 1.92 bits per heavy atom. The van der Waals surface area contributed by atoms with Crippen molar-refractivity contribution in [3.8, 4) is 0 Å². The van der Waals surface area contributed by atoms with Crippen molar-refractivity contribution >= 4 is 33.3 Å². The van der Waals surface area contributed by atoms with Crippen LogP contribution in [0.1, 0.15) is 36.1 Å². The zero-order valence-electron chi connectivity index (χ0n) is 15.5. The Labute approximate surface area is 158 Å². The predicted molar refractivity (Wildman–Crippen MR) is 106 cm³/mol. The lowest BCUT2D eigenvalue weighted by Crippen LogP contribution is -2.47. The lowest BCUT2D eigenvalue weighted by Gasteiger charge is -2.33. The first-order chi connectivity index (χ1) is 12.6. The second kappa shape index (κ2) is 7.48. The number of carbonyl (C=O) groups is 1. The first-order valence-electron chi connectivity index (χ1n) is 9.60. The van der Waals surface area contributed by atoms with Gasteiger partial charge in [-0.3, -0.25) is 4.79 Å². The van der Waals surface area contributed by atoms with Crippen molar-refractivity contribution in [1.29, 1.82) is 0 Å². The molecule has 26 heavy (non-hydrogen) atoms. The Morgan fingerprint density at radius 1 is 1.19 bits per heavy atom. The molecule has 2 aromatic rings. The molecule has 2 aliphatic rings. The number of hydrogen-bond acceptors (Lipinski definition) is 6. The lowest BCUT2D eigenvalue weighted by atomic mass is 9.94. The second-order valence-electron chi connectivity index (χ2n) is 7.45. The van der Waals surface area contributed by atoms with E-state index in [0.29, 0.717) is 6.04 Å². The van der Waals surface area contributed by atoms with E-state index in [1.165, 1.54) is 15.8 Å². The van der Waals surface area contributed by atoms with Gasteiger partial charge in [-0.05, 0) is 58.2 Å². The second-order valence-corrected chi connectivity index (χ2v) is 8.66. The number of nitrogens with one attached hydrogen (secondary N) is 2. The molecule has 2 aromatic heterocycles. The third-order valence-electron chi connectivity index (χ3n) is 5.80. The maximum Gasteiger partial charge on any atom is 0.223 e. The van der Waals surface area contributed by atoms with Crippen molar-refractivity contribution in [2.24, 2.45) is 5.92 Å². The third-order valence-corrected chi connectivity index (χ3v) is 6.91. The van der Waals surface area contributed by atoms with Crippen LogP contribution in [-0.4, -0.2) is 48.1 Å². The number of carbonyl (C=O) groups excluding carboxylic acids is 1. The highest BCUT2D eigenvalue weighted by Gasteiger charge is 2.28. The fraction of sp³-hybridized carbons (Fsp3) is 0.632. The van der Waals surface area contributed by atoms with E-state index in [2.05, 4.69) is 39.3 Å². The Kier molecular flexibility index (Phi) is 5.09. The van der Waals surface area contributed by atoms with Crippen LogP contribution in [0.4, 0.5) is 5.82 Å². The van der Waals surface area contributed by atoms with Crippen molar-refractivity contribution in [2.75, 3.05) is 31.1 Å². The zero-order chi connectivity index (χ0) is 18.1. The lowest BCUT2D eigenvalue weighted by molar-refractivity contribution is -0.126. The molecule has 2 fully saturated rings. The summed E-state index contributed by atoms with van der Waals surface area (Å²) in [6.07, 6.45) is 5.54. The normalized spacial score (nSPS) is 19.8. The number of aromatic nitrogens is 2. The van der Waals surface area contributed by atoms with E-state index < -0.39 is 0 Å². The van der Waals surface area contributed by atoms with E-state index >= 15 is 0 Å². The molecule has 0 saturated carbocycles. The summed E-state index contributed by atoms with van der Waals surface area (Å²) in [5, 5.41) is 7.79. The van der Waals surface area contributed by atoms with Crippen molar-refractivity contribution in [1.82, 2.24) is 20.6 Å². The van der Waals surface area contributed by atoms with Gasteiger partial charge >= 0.3 is 0 Å². The molecule has 2 aliphatic heterocycles. The standard InChI is InChI=1S/C19H27N5OS/c1-12-13(2)26-19-16(12)17(21-11-22-19)24-9-5-14(6-10-24)18(25)23-15-3-7-20-8-4-15/h11,14-15,20H,3-10H2,1-2H3,(H,23,25). The molecule has 4 heterocycles. The summed E-state index contributed by atoms with van der Waals surface area (Å²) in [7, 11) is 0. The van der Waals surface area contributed by atoms with E-state index in [-0.39, 0.29) is 11.8 Å². The molecule has 7 heteroatoms. The van der Waals surface area contributed by atoms with Gasteiger partial charge in [0.1, 0.15) is 17.0 Å². The average Bonchev–Trinajstić information content (AvgIpc) is 2.97. The minimum absolute atomic E-state index is 0.128. The first kappa shape index (κ1) is 17.7. The van der Waals surface area contributed by atoms with Gasteiger partial charge in [-0.15, -0.1) is 11.3 Å². The van der Waals surface area contributed by atoms with Crippen LogP contribution in [0.2, 0.25) is 0 Å². The zero-order valence-corrected chi connectivity index (χ0v) is 16.4. The summed E-state index contributed by atoms with van der Waals surface area (Å²) >= 11 is 1.73. The van der Waals surface area contributed by atoms with Crippen LogP contribution in [0.25, 0.3) is 10.2 Å². The van der Waals surface area contributed by atoms with E-state index in [4.69, 9.17) is 0 Å².